The standard InChI is InChI=1S/C16H14F3N5O3S/c17-16(18,19)11-4-5-20-14(10-11)23-6-8-24(9-7-23)28(25,26)13-3-1-2-12-15(13)22-27-21-12/h1-5,10H,6-9H2. The molecule has 2 aromatic heterocycles. The lowest BCUT2D eigenvalue weighted by Crippen LogP contribution is -2.49. The maximum absolute atomic E-state index is 13.0. The van der Waals surface area contributed by atoms with E-state index in [1.165, 1.54) is 10.4 Å². The predicted octanol–water partition coefficient (Wildman–Crippen LogP) is 2.15. The molecule has 148 valence electrons. The zero-order chi connectivity index (χ0) is 19.9. The van der Waals surface area contributed by atoms with Crippen LogP contribution >= 0.6 is 0 Å². The van der Waals surface area contributed by atoms with E-state index in [4.69, 9.17) is 0 Å². The summed E-state index contributed by atoms with van der Waals surface area (Å²) in [5.74, 6) is 0.162. The van der Waals surface area contributed by atoms with Gasteiger partial charge in [0.25, 0.3) is 0 Å². The van der Waals surface area contributed by atoms with Gasteiger partial charge < -0.3 is 4.90 Å². The van der Waals surface area contributed by atoms with Gasteiger partial charge in [-0.1, -0.05) is 6.07 Å². The summed E-state index contributed by atoms with van der Waals surface area (Å²) < 4.78 is 70.5. The molecule has 28 heavy (non-hydrogen) atoms. The van der Waals surface area contributed by atoms with Crippen molar-refractivity contribution in [3.8, 4) is 0 Å². The SMILES string of the molecule is O=S(=O)(c1cccc2nonc12)N1CCN(c2cc(C(F)(F)F)ccn2)CC1. The molecule has 1 aliphatic rings. The second kappa shape index (κ2) is 6.71. The highest BCUT2D eigenvalue weighted by Gasteiger charge is 2.33. The molecular weight excluding hydrogens is 399 g/mol. The minimum atomic E-state index is -4.47. The molecule has 0 amide bonds. The van der Waals surface area contributed by atoms with Crippen LogP contribution in [0.3, 0.4) is 0 Å². The zero-order valence-electron chi connectivity index (χ0n) is 14.3. The minimum absolute atomic E-state index is 0.0168. The molecule has 0 aliphatic carbocycles. The van der Waals surface area contributed by atoms with Crippen molar-refractivity contribution in [2.75, 3.05) is 31.1 Å². The number of halogens is 3. The van der Waals surface area contributed by atoms with Gasteiger partial charge in [-0.3, -0.25) is 0 Å². The molecule has 0 unspecified atom stereocenters. The summed E-state index contributed by atoms with van der Waals surface area (Å²) in [4.78, 5) is 5.59. The average Bonchev–Trinajstić information content (AvgIpc) is 3.16. The fraction of sp³-hybridized carbons (Fsp3) is 0.312. The van der Waals surface area contributed by atoms with E-state index in [0.717, 1.165) is 18.3 Å². The minimum Gasteiger partial charge on any atom is -0.354 e. The van der Waals surface area contributed by atoms with Gasteiger partial charge in [0.2, 0.25) is 10.0 Å². The molecule has 0 radical (unpaired) electrons. The predicted molar refractivity (Wildman–Crippen MR) is 92.0 cm³/mol. The number of anilines is 1. The van der Waals surface area contributed by atoms with Gasteiger partial charge in [0.1, 0.15) is 16.2 Å². The van der Waals surface area contributed by atoms with Crippen LogP contribution < -0.4 is 4.90 Å². The van der Waals surface area contributed by atoms with E-state index < -0.39 is 21.8 Å². The number of aromatic nitrogens is 3. The molecule has 1 saturated heterocycles. The number of pyridine rings is 1. The number of alkyl halides is 3. The summed E-state index contributed by atoms with van der Waals surface area (Å²) in [6.07, 6.45) is -3.37. The number of piperazine rings is 1. The first-order valence-electron chi connectivity index (χ1n) is 8.26. The van der Waals surface area contributed by atoms with Gasteiger partial charge in [0, 0.05) is 32.4 Å². The number of benzene rings is 1. The maximum Gasteiger partial charge on any atom is 0.416 e. The van der Waals surface area contributed by atoms with Crippen molar-refractivity contribution in [2.24, 2.45) is 0 Å². The summed E-state index contributed by atoms with van der Waals surface area (Å²) in [7, 11) is -3.85. The highest BCUT2D eigenvalue weighted by Crippen LogP contribution is 2.31. The van der Waals surface area contributed by atoms with E-state index in [9.17, 15) is 21.6 Å². The Morgan fingerprint density at radius 1 is 1.04 bits per heavy atom. The fourth-order valence-electron chi connectivity index (χ4n) is 3.05. The second-order valence-corrected chi connectivity index (χ2v) is 8.09. The number of sulfonamides is 1. The highest BCUT2D eigenvalue weighted by atomic mass is 32.2. The van der Waals surface area contributed by atoms with Crippen LogP contribution in [0.1, 0.15) is 5.56 Å². The number of nitrogens with zero attached hydrogens (tertiary/aromatic N) is 5. The molecule has 8 nitrogen and oxygen atoms in total. The molecule has 1 fully saturated rings. The Balaban J connectivity index is 1.54. The molecular formula is C16H14F3N5O3S. The Bertz CT molecular complexity index is 1110. The van der Waals surface area contributed by atoms with Gasteiger partial charge >= 0.3 is 6.18 Å². The first-order valence-corrected chi connectivity index (χ1v) is 9.70. The van der Waals surface area contributed by atoms with Crippen LogP contribution in [0.5, 0.6) is 0 Å². The lowest BCUT2D eigenvalue weighted by atomic mass is 10.2. The smallest absolute Gasteiger partial charge is 0.354 e. The van der Waals surface area contributed by atoms with Gasteiger partial charge in [-0.2, -0.15) is 17.5 Å². The van der Waals surface area contributed by atoms with E-state index in [0.29, 0.717) is 5.52 Å². The van der Waals surface area contributed by atoms with Gasteiger partial charge in [-0.25, -0.2) is 18.0 Å². The highest BCUT2D eigenvalue weighted by molar-refractivity contribution is 7.89. The van der Waals surface area contributed by atoms with Crippen LogP contribution in [-0.4, -0.2) is 54.2 Å². The molecule has 1 aromatic carbocycles. The van der Waals surface area contributed by atoms with Gasteiger partial charge in [-0.05, 0) is 34.6 Å². The molecule has 0 atom stereocenters. The van der Waals surface area contributed by atoms with E-state index in [-0.39, 0.29) is 42.4 Å². The third-order valence-corrected chi connectivity index (χ3v) is 6.43. The Morgan fingerprint density at radius 3 is 2.50 bits per heavy atom. The summed E-state index contributed by atoms with van der Waals surface area (Å²) in [5.41, 5.74) is -0.324. The third-order valence-electron chi connectivity index (χ3n) is 4.50. The first kappa shape index (κ1) is 18.6. The Kier molecular flexibility index (Phi) is 4.46. The largest absolute Gasteiger partial charge is 0.416 e. The molecule has 0 spiro atoms. The summed E-state index contributed by atoms with van der Waals surface area (Å²) >= 11 is 0. The second-order valence-electron chi connectivity index (χ2n) is 6.18. The van der Waals surface area contributed by atoms with Crippen molar-refractivity contribution in [1.82, 2.24) is 19.6 Å². The number of fused-ring (bicyclic) bond motifs is 1. The average molecular weight is 413 g/mol. The molecule has 0 bridgehead atoms. The molecule has 12 heteroatoms. The van der Waals surface area contributed by atoms with Crippen molar-refractivity contribution in [3.63, 3.8) is 0 Å². The van der Waals surface area contributed by atoms with Crippen LogP contribution in [-0.2, 0) is 16.2 Å². The Morgan fingerprint density at radius 2 is 1.79 bits per heavy atom. The van der Waals surface area contributed by atoms with Crippen molar-refractivity contribution in [3.05, 3.63) is 42.1 Å². The van der Waals surface area contributed by atoms with E-state index in [1.54, 1.807) is 17.0 Å². The van der Waals surface area contributed by atoms with Crippen LogP contribution in [0.4, 0.5) is 19.0 Å². The van der Waals surface area contributed by atoms with Gasteiger partial charge in [-0.15, -0.1) is 0 Å². The van der Waals surface area contributed by atoms with Crippen LogP contribution in [0, 0.1) is 0 Å². The molecule has 3 aromatic rings. The van der Waals surface area contributed by atoms with Crippen molar-refractivity contribution >= 4 is 26.9 Å². The lowest BCUT2D eigenvalue weighted by Gasteiger charge is -2.34. The van der Waals surface area contributed by atoms with Crippen molar-refractivity contribution in [1.29, 1.82) is 0 Å². The van der Waals surface area contributed by atoms with E-state index in [2.05, 4.69) is 19.9 Å². The Labute approximate surface area is 157 Å². The molecule has 1 aliphatic heterocycles. The number of hydrogen-bond acceptors (Lipinski definition) is 7. The van der Waals surface area contributed by atoms with Crippen molar-refractivity contribution < 1.29 is 26.2 Å². The molecule has 0 saturated carbocycles. The number of hydrogen-bond donors (Lipinski definition) is 0. The fourth-order valence-corrected chi connectivity index (χ4v) is 4.61. The zero-order valence-corrected chi connectivity index (χ0v) is 15.1. The quantitative estimate of drug-likeness (QED) is 0.650. The van der Waals surface area contributed by atoms with E-state index in [1.807, 2.05) is 0 Å². The normalized spacial score (nSPS) is 16.6. The van der Waals surface area contributed by atoms with Crippen LogP contribution in [0.25, 0.3) is 11.0 Å². The molecule has 3 heterocycles. The third kappa shape index (κ3) is 3.29. The van der Waals surface area contributed by atoms with Crippen LogP contribution in [0.15, 0.2) is 46.1 Å². The molecule has 4 rings (SSSR count). The first-order chi connectivity index (χ1) is 13.3. The monoisotopic (exact) mass is 413 g/mol. The van der Waals surface area contributed by atoms with Gasteiger partial charge in [0.05, 0.1) is 5.56 Å². The summed E-state index contributed by atoms with van der Waals surface area (Å²) in [5, 5.41) is 7.30. The Hall–Kier alpha value is -2.73. The van der Waals surface area contributed by atoms with Gasteiger partial charge in [0.15, 0.2) is 5.52 Å². The van der Waals surface area contributed by atoms with Crippen molar-refractivity contribution in [2.45, 2.75) is 11.1 Å². The van der Waals surface area contributed by atoms with Crippen LogP contribution in [0.2, 0.25) is 0 Å². The number of rotatable bonds is 3. The summed E-state index contributed by atoms with van der Waals surface area (Å²) in [6, 6.07) is 6.41. The topological polar surface area (TPSA) is 92.4 Å². The maximum atomic E-state index is 13.0. The summed E-state index contributed by atoms with van der Waals surface area (Å²) in [6.45, 7) is 0.616. The lowest BCUT2D eigenvalue weighted by molar-refractivity contribution is -0.137. The molecule has 0 N–H and O–H groups in total. The van der Waals surface area contributed by atoms with E-state index >= 15 is 0 Å².